The number of nitrogens with zero attached hydrogens (tertiary/aromatic N) is 1. The summed E-state index contributed by atoms with van der Waals surface area (Å²) in [5, 5.41) is 6.98. The molecule has 17 heavy (non-hydrogen) atoms. The van der Waals surface area contributed by atoms with E-state index in [4.69, 9.17) is 0 Å². The number of aryl methyl sites for hydroxylation is 1. The zero-order valence-electron chi connectivity index (χ0n) is 10.8. The molecule has 1 atom stereocenters. The number of likely N-dealkylation sites (N-methyl/N-ethyl adjacent to an activating group) is 1. The molecule has 1 aliphatic rings. The van der Waals surface area contributed by atoms with E-state index in [0.29, 0.717) is 6.04 Å². The molecule has 0 saturated carbocycles. The van der Waals surface area contributed by atoms with Gasteiger partial charge in [0.25, 0.3) is 0 Å². The van der Waals surface area contributed by atoms with E-state index in [0.717, 1.165) is 13.0 Å². The number of hydrogen-bond donors (Lipinski definition) is 1. The van der Waals surface area contributed by atoms with E-state index in [-0.39, 0.29) is 0 Å². The Bertz CT molecular complexity index is 381. The van der Waals surface area contributed by atoms with E-state index >= 15 is 0 Å². The van der Waals surface area contributed by atoms with Crippen LogP contribution in [0.1, 0.15) is 43.3 Å². The van der Waals surface area contributed by atoms with Crippen LogP contribution in [0.4, 0.5) is 0 Å². The second-order valence-corrected chi connectivity index (χ2v) is 5.76. The Kier molecular flexibility index (Phi) is 4.75. The molecular formula is C14H22N2S. The lowest BCUT2D eigenvalue weighted by Crippen LogP contribution is -2.33. The minimum atomic E-state index is 0.502. The van der Waals surface area contributed by atoms with Crippen LogP contribution >= 0.6 is 11.3 Å². The Hall–Kier alpha value is -0.670. The summed E-state index contributed by atoms with van der Waals surface area (Å²) < 4.78 is 0. The molecule has 1 aromatic heterocycles. The molecule has 0 amide bonds. The van der Waals surface area contributed by atoms with E-state index in [1.54, 1.807) is 16.9 Å². The molecule has 0 bridgehead atoms. The van der Waals surface area contributed by atoms with Gasteiger partial charge in [-0.05, 0) is 39.2 Å². The lowest BCUT2D eigenvalue weighted by Gasteiger charge is -2.23. The normalized spacial score (nSPS) is 17.9. The second kappa shape index (κ2) is 6.31. The van der Waals surface area contributed by atoms with Gasteiger partial charge in [-0.2, -0.15) is 0 Å². The Balaban J connectivity index is 2.03. The summed E-state index contributed by atoms with van der Waals surface area (Å²) in [4.78, 5) is 4.58. The maximum absolute atomic E-state index is 4.58. The van der Waals surface area contributed by atoms with Gasteiger partial charge in [-0.25, -0.2) is 4.98 Å². The first kappa shape index (κ1) is 12.8. The summed E-state index contributed by atoms with van der Waals surface area (Å²) in [5.74, 6) is 0. The maximum atomic E-state index is 4.58. The molecule has 0 radical (unpaired) electrons. The fraction of sp³-hybridized carbons (Fsp3) is 0.643. The van der Waals surface area contributed by atoms with Crippen molar-refractivity contribution in [2.24, 2.45) is 0 Å². The topological polar surface area (TPSA) is 24.9 Å². The summed E-state index contributed by atoms with van der Waals surface area (Å²) in [6.07, 6.45) is 8.72. The van der Waals surface area contributed by atoms with Gasteiger partial charge in [0.15, 0.2) is 0 Å². The van der Waals surface area contributed by atoms with Crippen LogP contribution in [0.3, 0.4) is 0 Å². The van der Waals surface area contributed by atoms with Gasteiger partial charge in [0.05, 0.1) is 10.7 Å². The van der Waals surface area contributed by atoms with Crippen molar-refractivity contribution in [3.8, 4) is 0 Å². The number of aromatic nitrogens is 1. The van der Waals surface area contributed by atoms with Gasteiger partial charge in [0.2, 0.25) is 0 Å². The number of hydrogen-bond acceptors (Lipinski definition) is 3. The van der Waals surface area contributed by atoms with Crippen molar-refractivity contribution in [1.82, 2.24) is 10.3 Å². The van der Waals surface area contributed by atoms with Crippen molar-refractivity contribution in [3.63, 3.8) is 0 Å². The molecule has 1 unspecified atom stereocenters. The van der Waals surface area contributed by atoms with E-state index in [1.165, 1.54) is 36.4 Å². The molecule has 1 aliphatic carbocycles. The largest absolute Gasteiger partial charge is 0.310 e. The lowest BCUT2D eigenvalue weighted by atomic mass is 9.91. The maximum Gasteiger partial charge on any atom is 0.0897 e. The van der Waals surface area contributed by atoms with Gasteiger partial charge in [-0.3, -0.25) is 0 Å². The quantitative estimate of drug-likeness (QED) is 0.809. The molecule has 0 saturated heterocycles. The van der Waals surface area contributed by atoms with Crippen molar-refractivity contribution >= 4 is 11.3 Å². The van der Waals surface area contributed by atoms with Crippen LogP contribution in [0.25, 0.3) is 0 Å². The lowest BCUT2D eigenvalue weighted by molar-refractivity contribution is 0.537. The summed E-state index contributed by atoms with van der Waals surface area (Å²) in [6.45, 7) is 5.30. The highest BCUT2D eigenvalue weighted by Gasteiger charge is 2.16. The SMILES string of the molecule is CCNC(Cc1csc(C)n1)C1=CCCCC1. The first-order chi connectivity index (χ1) is 8.29. The number of allylic oxidation sites excluding steroid dienone is 1. The highest BCUT2D eigenvalue weighted by molar-refractivity contribution is 7.09. The van der Waals surface area contributed by atoms with Crippen molar-refractivity contribution < 1.29 is 0 Å². The third-order valence-electron chi connectivity index (χ3n) is 3.30. The zero-order valence-corrected chi connectivity index (χ0v) is 11.6. The minimum Gasteiger partial charge on any atom is -0.310 e. The van der Waals surface area contributed by atoms with E-state index in [1.807, 2.05) is 0 Å². The first-order valence-corrected chi connectivity index (χ1v) is 7.51. The molecule has 1 aromatic rings. The molecule has 0 spiro atoms. The fourth-order valence-corrected chi connectivity index (χ4v) is 3.10. The number of nitrogens with one attached hydrogen (secondary N) is 1. The van der Waals surface area contributed by atoms with Crippen molar-refractivity contribution in [1.29, 1.82) is 0 Å². The molecule has 0 aliphatic heterocycles. The van der Waals surface area contributed by atoms with Crippen LogP contribution in [0.5, 0.6) is 0 Å². The van der Waals surface area contributed by atoms with Gasteiger partial charge in [-0.1, -0.05) is 18.6 Å². The standard InChI is InChI=1S/C14H22N2S/c1-3-15-14(12-7-5-4-6-8-12)9-13-10-17-11(2)16-13/h7,10,14-15H,3-6,8-9H2,1-2H3. The van der Waals surface area contributed by atoms with Crippen molar-refractivity contribution in [2.75, 3.05) is 6.54 Å². The smallest absolute Gasteiger partial charge is 0.0897 e. The van der Waals surface area contributed by atoms with E-state index < -0.39 is 0 Å². The molecule has 3 heteroatoms. The molecule has 2 nitrogen and oxygen atoms in total. The van der Waals surface area contributed by atoms with Gasteiger partial charge in [0.1, 0.15) is 0 Å². The van der Waals surface area contributed by atoms with Crippen molar-refractivity contribution in [3.05, 3.63) is 27.7 Å². The molecule has 1 heterocycles. The summed E-state index contributed by atoms with van der Waals surface area (Å²) >= 11 is 1.75. The zero-order chi connectivity index (χ0) is 12.1. The molecule has 2 rings (SSSR count). The predicted octanol–water partition coefficient (Wildman–Crippen LogP) is 3.47. The Morgan fingerprint density at radius 1 is 1.47 bits per heavy atom. The van der Waals surface area contributed by atoms with Crippen LogP contribution < -0.4 is 5.32 Å². The second-order valence-electron chi connectivity index (χ2n) is 4.70. The molecular weight excluding hydrogens is 228 g/mol. The van der Waals surface area contributed by atoms with E-state index in [2.05, 4.69) is 35.6 Å². The predicted molar refractivity (Wildman–Crippen MR) is 74.6 cm³/mol. The first-order valence-electron chi connectivity index (χ1n) is 6.63. The molecule has 94 valence electrons. The van der Waals surface area contributed by atoms with Gasteiger partial charge >= 0.3 is 0 Å². The van der Waals surface area contributed by atoms with Gasteiger partial charge in [-0.15, -0.1) is 11.3 Å². The van der Waals surface area contributed by atoms with Crippen LogP contribution in [0, 0.1) is 6.92 Å². The average Bonchev–Trinajstić information content (AvgIpc) is 2.75. The van der Waals surface area contributed by atoms with Crippen LogP contribution in [-0.2, 0) is 6.42 Å². The average molecular weight is 250 g/mol. The molecule has 0 fully saturated rings. The minimum absolute atomic E-state index is 0.502. The van der Waals surface area contributed by atoms with Crippen molar-refractivity contribution in [2.45, 2.75) is 52.0 Å². The fourth-order valence-electron chi connectivity index (χ4n) is 2.47. The molecule has 0 aromatic carbocycles. The molecule has 1 N–H and O–H groups in total. The van der Waals surface area contributed by atoms with Gasteiger partial charge < -0.3 is 5.32 Å². The van der Waals surface area contributed by atoms with Crippen LogP contribution in [-0.4, -0.2) is 17.6 Å². The summed E-state index contributed by atoms with van der Waals surface area (Å²) in [6, 6.07) is 0.502. The highest BCUT2D eigenvalue weighted by Crippen LogP contribution is 2.22. The summed E-state index contributed by atoms with van der Waals surface area (Å²) in [7, 11) is 0. The highest BCUT2D eigenvalue weighted by atomic mass is 32.1. The van der Waals surface area contributed by atoms with Crippen LogP contribution in [0.15, 0.2) is 17.0 Å². The van der Waals surface area contributed by atoms with Gasteiger partial charge in [0, 0.05) is 17.8 Å². The third kappa shape index (κ3) is 3.65. The number of thiazole rings is 1. The van der Waals surface area contributed by atoms with Crippen LogP contribution in [0.2, 0.25) is 0 Å². The Morgan fingerprint density at radius 2 is 2.35 bits per heavy atom. The Labute approximate surface area is 108 Å². The third-order valence-corrected chi connectivity index (χ3v) is 4.13. The monoisotopic (exact) mass is 250 g/mol. The van der Waals surface area contributed by atoms with E-state index in [9.17, 15) is 0 Å². The summed E-state index contributed by atoms with van der Waals surface area (Å²) in [5.41, 5.74) is 2.84. The Morgan fingerprint density at radius 3 is 2.94 bits per heavy atom. The number of rotatable bonds is 5.